The van der Waals surface area contributed by atoms with Gasteiger partial charge >= 0.3 is 0 Å². The van der Waals surface area contributed by atoms with Crippen LogP contribution in [0.4, 0.5) is 0 Å². The van der Waals surface area contributed by atoms with Gasteiger partial charge in [0.05, 0.1) is 6.04 Å². The number of halogens is 2. The lowest BCUT2D eigenvalue weighted by molar-refractivity contribution is -0.135. The van der Waals surface area contributed by atoms with Crippen molar-refractivity contribution >= 4 is 34.9 Å². The zero-order valence-corrected chi connectivity index (χ0v) is 21.1. The fourth-order valence-corrected chi connectivity index (χ4v) is 5.31. The van der Waals surface area contributed by atoms with E-state index in [-0.39, 0.29) is 24.7 Å². The third-order valence-electron chi connectivity index (χ3n) is 6.69. The van der Waals surface area contributed by atoms with Gasteiger partial charge in [0.1, 0.15) is 0 Å². The summed E-state index contributed by atoms with van der Waals surface area (Å²) in [6.45, 7) is 1.64. The standard InChI is InChI=1S/C27H35Cl2N3O2/c28-22-10-9-21(23(29)18-22)17-24(32-25(33)11-15-30)26(34)27(13-5-2-6-14-27)19-31-16-12-20-7-3-1-4-8-20/h1,3-4,7-10,18,24,31H,2,5-6,11-17,19,30H2,(H,32,33). The van der Waals surface area contributed by atoms with Crippen LogP contribution in [0.5, 0.6) is 0 Å². The number of hydrogen-bond donors (Lipinski definition) is 3. The molecule has 0 aromatic heterocycles. The molecule has 2 aromatic rings. The van der Waals surface area contributed by atoms with Crippen molar-refractivity contribution in [1.82, 2.24) is 10.6 Å². The molecule has 4 N–H and O–H groups in total. The molecule has 0 bridgehead atoms. The molecule has 3 rings (SSSR count). The normalized spacial score (nSPS) is 16.1. The van der Waals surface area contributed by atoms with Gasteiger partial charge in [0.15, 0.2) is 5.78 Å². The van der Waals surface area contributed by atoms with Crippen molar-refractivity contribution in [1.29, 1.82) is 0 Å². The summed E-state index contributed by atoms with van der Waals surface area (Å²) in [5.74, 6) is -0.135. The number of ketones is 1. The Bertz CT molecular complexity index is 946. The van der Waals surface area contributed by atoms with E-state index in [9.17, 15) is 9.59 Å². The second-order valence-electron chi connectivity index (χ2n) is 9.22. The Labute approximate surface area is 212 Å². The highest BCUT2D eigenvalue weighted by Crippen LogP contribution is 2.38. The minimum absolute atomic E-state index is 0.0794. The fraction of sp³-hybridized carbons (Fsp3) is 0.481. The van der Waals surface area contributed by atoms with Crippen molar-refractivity contribution in [2.75, 3.05) is 19.6 Å². The molecule has 34 heavy (non-hydrogen) atoms. The first-order valence-electron chi connectivity index (χ1n) is 12.2. The average Bonchev–Trinajstić information content (AvgIpc) is 2.84. The van der Waals surface area contributed by atoms with E-state index in [1.165, 1.54) is 5.56 Å². The Balaban J connectivity index is 1.76. The van der Waals surface area contributed by atoms with Crippen LogP contribution >= 0.6 is 23.2 Å². The molecule has 1 unspecified atom stereocenters. The number of carbonyl (C=O) groups excluding carboxylic acids is 2. The van der Waals surface area contributed by atoms with Crippen LogP contribution in [-0.4, -0.2) is 37.4 Å². The van der Waals surface area contributed by atoms with Crippen LogP contribution in [0.1, 0.15) is 49.7 Å². The van der Waals surface area contributed by atoms with Crippen molar-refractivity contribution < 1.29 is 9.59 Å². The molecule has 1 saturated carbocycles. The number of benzene rings is 2. The first-order chi connectivity index (χ1) is 16.4. The van der Waals surface area contributed by atoms with Gasteiger partial charge in [-0.05, 0) is 49.1 Å². The van der Waals surface area contributed by atoms with E-state index in [0.717, 1.165) is 50.6 Å². The molecule has 1 amide bonds. The van der Waals surface area contributed by atoms with Crippen LogP contribution in [0.25, 0.3) is 0 Å². The lowest BCUT2D eigenvalue weighted by atomic mass is 9.68. The summed E-state index contributed by atoms with van der Waals surface area (Å²) in [4.78, 5) is 26.5. The first-order valence-corrected chi connectivity index (χ1v) is 12.9. The highest BCUT2D eigenvalue weighted by Gasteiger charge is 2.42. The monoisotopic (exact) mass is 503 g/mol. The Hall–Kier alpha value is -1.92. The predicted octanol–water partition coefficient (Wildman–Crippen LogP) is 4.72. The molecule has 1 atom stereocenters. The van der Waals surface area contributed by atoms with E-state index in [2.05, 4.69) is 22.8 Å². The van der Waals surface area contributed by atoms with E-state index in [1.807, 2.05) is 24.3 Å². The molecular weight excluding hydrogens is 469 g/mol. The molecule has 1 aliphatic rings. The molecule has 0 heterocycles. The summed E-state index contributed by atoms with van der Waals surface area (Å²) in [5, 5.41) is 7.54. The lowest BCUT2D eigenvalue weighted by Crippen LogP contribution is -2.53. The van der Waals surface area contributed by atoms with Gasteiger partial charge in [-0.3, -0.25) is 9.59 Å². The van der Waals surface area contributed by atoms with Crippen LogP contribution < -0.4 is 16.4 Å². The maximum absolute atomic E-state index is 14.1. The lowest BCUT2D eigenvalue weighted by Gasteiger charge is -2.39. The number of rotatable bonds is 12. The molecule has 0 radical (unpaired) electrons. The van der Waals surface area contributed by atoms with Gasteiger partial charge in [-0.2, -0.15) is 0 Å². The number of nitrogens with two attached hydrogens (primary N) is 1. The maximum Gasteiger partial charge on any atom is 0.221 e. The summed E-state index contributed by atoms with van der Waals surface area (Å²) >= 11 is 12.5. The smallest absolute Gasteiger partial charge is 0.221 e. The molecular formula is C27H35Cl2N3O2. The van der Waals surface area contributed by atoms with Crippen LogP contribution in [0.3, 0.4) is 0 Å². The summed E-state index contributed by atoms with van der Waals surface area (Å²) in [6.07, 6.45) is 6.21. The molecule has 0 aliphatic heterocycles. The van der Waals surface area contributed by atoms with Gasteiger partial charge in [0.25, 0.3) is 0 Å². The molecule has 5 nitrogen and oxygen atoms in total. The zero-order chi connectivity index (χ0) is 24.4. The van der Waals surface area contributed by atoms with Crippen LogP contribution in [0.2, 0.25) is 10.0 Å². The number of amides is 1. The number of carbonyl (C=O) groups is 2. The molecule has 1 aliphatic carbocycles. The van der Waals surface area contributed by atoms with Crippen molar-refractivity contribution in [2.24, 2.45) is 11.1 Å². The minimum Gasteiger partial charge on any atom is -0.346 e. The Morgan fingerprint density at radius 1 is 1.03 bits per heavy atom. The van der Waals surface area contributed by atoms with E-state index in [4.69, 9.17) is 28.9 Å². The van der Waals surface area contributed by atoms with Gasteiger partial charge < -0.3 is 16.4 Å². The molecule has 7 heteroatoms. The maximum atomic E-state index is 14.1. The summed E-state index contributed by atoms with van der Waals surface area (Å²) in [5.41, 5.74) is 7.13. The van der Waals surface area contributed by atoms with Gasteiger partial charge in [-0.15, -0.1) is 0 Å². The van der Waals surface area contributed by atoms with Gasteiger partial charge in [-0.25, -0.2) is 0 Å². The molecule has 0 spiro atoms. The highest BCUT2D eigenvalue weighted by molar-refractivity contribution is 6.35. The third-order valence-corrected chi connectivity index (χ3v) is 7.28. The van der Waals surface area contributed by atoms with Gasteiger partial charge in [-0.1, -0.05) is 78.9 Å². The van der Waals surface area contributed by atoms with E-state index < -0.39 is 11.5 Å². The Morgan fingerprint density at radius 2 is 1.76 bits per heavy atom. The number of nitrogens with one attached hydrogen (secondary N) is 2. The van der Waals surface area contributed by atoms with E-state index in [1.54, 1.807) is 12.1 Å². The van der Waals surface area contributed by atoms with Crippen LogP contribution in [0, 0.1) is 5.41 Å². The molecule has 1 fully saturated rings. The third kappa shape index (κ3) is 7.54. The van der Waals surface area contributed by atoms with E-state index in [0.29, 0.717) is 23.0 Å². The van der Waals surface area contributed by atoms with Crippen molar-refractivity contribution in [3.05, 3.63) is 69.7 Å². The molecule has 0 saturated heterocycles. The minimum atomic E-state index is -0.660. The SMILES string of the molecule is NCCC(=O)NC(Cc1ccc(Cl)cc1Cl)C(=O)C1(CNCCc2ccccc2)CCCCC1. The van der Waals surface area contributed by atoms with Crippen LogP contribution in [-0.2, 0) is 22.4 Å². The van der Waals surface area contributed by atoms with Crippen molar-refractivity contribution in [3.8, 4) is 0 Å². The van der Waals surface area contributed by atoms with Crippen molar-refractivity contribution in [3.63, 3.8) is 0 Å². The second-order valence-corrected chi connectivity index (χ2v) is 10.1. The molecule has 184 valence electrons. The highest BCUT2D eigenvalue weighted by atomic mass is 35.5. The fourth-order valence-electron chi connectivity index (χ4n) is 4.83. The molecule has 2 aromatic carbocycles. The summed E-state index contributed by atoms with van der Waals surface area (Å²) < 4.78 is 0. The second kappa shape index (κ2) is 13.2. The van der Waals surface area contributed by atoms with Gasteiger partial charge in [0, 0.05) is 41.4 Å². The Morgan fingerprint density at radius 3 is 2.44 bits per heavy atom. The van der Waals surface area contributed by atoms with Crippen LogP contribution in [0.15, 0.2) is 48.5 Å². The predicted molar refractivity (Wildman–Crippen MR) is 139 cm³/mol. The average molecular weight is 505 g/mol. The first kappa shape index (κ1) is 26.7. The van der Waals surface area contributed by atoms with Gasteiger partial charge in [0.2, 0.25) is 5.91 Å². The summed E-state index contributed by atoms with van der Waals surface area (Å²) in [6, 6.07) is 14.9. The van der Waals surface area contributed by atoms with Crippen molar-refractivity contribution in [2.45, 2.75) is 57.4 Å². The number of Topliss-reactive ketones (excluding diaryl/α,β-unsaturated/α-hetero) is 1. The summed E-state index contributed by atoms with van der Waals surface area (Å²) in [7, 11) is 0. The zero-order valence-electron chi connectivity index (χ0n) is 19.6. The van der Waals surface area contributed by atoms with E-state index >= 15 is 0 Å². The Kier molecular flexibility index (Phi) is 10.4. The number of hydrogen-bond acceptors (Lipinski definition) is 4. The topological polar surface area (TPSA) is 84.2 Å². The largest absolute Gasteiger partial charge is 0.346 e. The quantitative estimate of drug-likeness (QED) is 0.365.